The zero-order chi connectivity index (χ0) is 22.3. The summed E-state index contributed by atoms with van der Waals surface area (Å²) in [5, 5.41) is 14.5. The molecule has 0 aliphatic heterocycles. The summed E-state index contributed by atoms with van der Waals surface area (Å²) in [6, 6.07) is 13.5. The molecule has 1 saturated carbocycles. The molecule has 2 aliphatic carbocycles. The molecule has 0 bridgehead atoms. The normalized spacial score (nSPS) is 19.2. The average Bonchev–Trinajstić information content (AvgIpc) is 3.07. The Morgan fingerprint density at radius 3 is 2.50 bits per heavy atom. The third kappa shape index (κ3) is 3.58. The molecule has 5 rings (SSSR count). The van der Waals surface area contributed by atoms with Gasteiger partial charge in [-0.15, -0.1) is 0 Å². The first kappa shape index (κ1) is 20.5. The Hall–Kier alpha value is -3.45. The Morgan fingerprint density at radius 2 is 1.88 bits per heavy atom. The van der Waals surface area contributed by atoms with Crippen LogP contribution in [0, 0.1) is 5.92 Å². The fourth-order valence-corrected chi connectivity index (χ4v) is 4.82. The maximum atomic E-state index is 13.3. The fourth-order valence-electron chi connectivity index (χ4n) is 4.82. The molecule has 0 spiro atoms. The number of benzene rings is 1. The molecule has 0 saturated heterocycles. The summed E-state index contributed by atoms with van der Waals surface area (Å²) >= 11 is 0. The van der Waals surface area contributed by atoms with E-state index in [1.165, 1.54) is 0 Å². The second kappa shape index (κ2) is 7.91. The summed E-state index contributed by atoms with van der Waals surface area (Å²) in [6.45, 7) is 0.363. The van der Waals surface area contributed by atoms with Crippen molar-refractivity contribution in [3.8, 4) is 11.3 Å². The van der Waals surface area contributed by atoms with Crippen LogP contribution in [0.4, 0.5) is 11.4 Å². The number of anilines is 2. The molecule has 2 heterocycles. The molecule has 2 aromatic heterocycles. The molecule has 1 aromatic carbocycles. The van der Waals surface area contributed by atoms with Crippen molar-refractivity contribution in [2.75, 3.05) is 5.32 Å². The third-order valence-corrected chi connectivity index (χ3v) is 6.66. The van der Waals surface area contributed by atoms with Gasteiger partial charge in [-0.3, -0.25) is 14.6 Å². The van der Waals surface area contributed by atoms with E-state index in [0.29, 0.717) is 37.1 Å². The maximum Gasteiger partial charge on any atom is 0.221 e. The van der Waals surface area contributed by atoms with Crippen LogP contribution in [0.3, 0.4) is 0 Å². The number of nitrogens with zero attached hydrogens (tertiary/aromatic N) is 2. The van der Waals surface area contributed by atoms with Gasteiger partial charge in [0.05, 0.1) is 35.0 Å². The van der Waals surface area contributed by atoms with E-state index < -0.39 is 17.4 Å². The minimum atomic E-state index is -0.818. The van der Waals surface area contributed by atoms with Gasteiger partial charge in [-0.05, 0) is 43.5 Å². The number of carbonyl (C=O) groups excluding carboxylic acids is 2. The van der Waals surface area contributed by atoms with Gasteiger partial charge in [0.2, 0.25) is 5.91 Å². The molecule has 4 N–H and O–H groups in total. The van der Waals surface area contributed by atoms with E-state index in [0.717, 1.165) is 29.1 Å². The average molecular weight is 431 g/mol. The molecule has 1 amide bonds. The van der Waals surface area contributed by atoms with Crippen LogP contribution in [0.2, 0.25) is 0 Å². The van der Waals surface area contributed by atoms with Crippen molar-refractivity contribution in [1.29, 1.82) is 0 Å². The molecular weight excluding hydrogens is 404 g/mol. The highest BCUT2D eigenvalue weighted by Gasteiger charge is 2.41. The first-order valence-corrected chi connectivity index (χ1v) is 11.0. The van der Waals surface area contributed by atoms with Crippen molar-refractivity contribution >= 4 is 23.1 Å². The Balaban J connectivity index is 1.74. The van der Waals surface area contributed by atoms with Crippen LogP contribution >= 0.6 is 0 Å². The number of carbonyl (C=O) groups is 2. The number of hydrogen-bond donors (Lipinski definition) is 3. The lowest BCUT2D eigenvalue weighted by Crippen LogP contribution is -2.42. The van der Waals surface area contributed by atoms with Gasteiger partial charge in [-0.2, -0.15) is 0 Å². The van der Waals surface area contributed by atoms with Crippen molar-refractivity contribution < 1.29 is 14.7 Å². The van der Waals surface area contributed by atoms with Crippen LogP contribution < -0.4 is 11.1 Å². The van der Waals surface area contributed by atoms with E-state index in [4.69, 9.17) is 5.73 Å². The number of rotatable bonds is 6. The zero-order valence-electron chi connectivity index (χ0n) is 17.8. The van der Waals surface area contributed by atoms with Crippen LogP contribution in [-0.2, 0) is 17.8 Å². The Kier molecular flexibility index (Phi) is 5.06. The number of aliphatic hydroxyl groups is 1. The number of pyridine rings is 1. The van der Waals surface area contributed by atoms with Gasteiger partial charge in [-0.25, -0.2) is 0 Å². The van der Waals surface area contributed by atoms with Crippen LogP contribution in [0.25, 0.3) is 11.3 Å². The van der Waals surface area contributed by atoms with Crippen molar-refractivity contribution in [1.82, 2.24) is 9.55 Å². The summed E-state index contributed by atoms with van der Waals surface area (Å²) < 4.78 is 2.03. The van der Waals surface area contributed by atoms with E-state index in [1.807, 2.05) is 47.0 Å². The lowest BCUT2D eigenvalue weighted by Gasteiger charge is -2.38. The first-order chi connectivity index (χ1) is 15.5. The second-order valence-electron chi connectivity index (χ2n) is 8.87. The van der Waals surface area contributed by atoms with Gasteiger partial charge in [-0.1, -0.05) is 18.2 Å². The van der Waals surface area contributed by atoms with Crippen LogP contribution in [0.1, 0.15) is 41.7 Å². The molecule has 2 aliphatic rings. The number of primary amides is 1. The topological polar surface area (TPSA) is 110 Å². The summed E-state index contributed by atoms with van der Waals surface area (Å²) in [5.74, 6) is -1.13. The highest BCUT2D eigenvalue weighted by atomic mass is 16.3. The minimum Gasteiger partial charge on any atom is -0.388 e. The van der Waals surface area contributed by atoms with Gasteiger partial charge in [0.15, 0.2) is 5.78 Å². The smallest absolute Gasteiger partial charge is 0.221 e. The summed E-state index contributed by atoms with van der Waals surface area (Å²) in [5.41, 5.74) is 9.40. The number of fused-ring (bicyclic) bond motifs is 1. The summed E-state index contributed by atoms with van der Waals surface area (Å²) in [6.07, 6.45) is 6.29. The van der Waals surface area contributed by atoms with E-state index in [1.54, 1.807) is 12.4 Å². The molecule has 1 atom stereocenters. The standard InChI is InChI=1S/C25H26N4O3/c26-24(31)17-13-19-21(20(30)14-17)22(28-18-5-2-1-3-6-18)23(16-7-11-27-12-8-16)29(19)15-25(32)9-4-10-25/h1-3,5-8,11-12,17,28,32H,4,9-10,13-15H2,(H2,26,31). The van der Waals surface area contributed by atoms with Crippen LogP contribution in [0.15, 0.2) is 54.9 Å². The highest BCUT2D eigenvalue weighted by Crippen LogP contribution is 2.44. The van der Waals surface area contributed by atoms with Crippen molar-refractivity contribution in [2.24, 2.45) is 11.7 Å². The van der Waals surface area contributed by atoms with Crippen molar-refractivity contribution in [3.05, 3.63) is 66.1 Å². The van der Waals surface area contributed by atoms with Gasteiger partial charge in [0.25, 0.3) is 0 Å². The quantitative estimate of drug-likeness (QED) is 0.555. The minimum absolute atomic E-state index is 0.0931. The molecule has 7 heteroatoms. The fraction of sp³-hybridized carbons (Fsp3) is 0.320. The molecule has 3 aromatic rings. The van der Waals surface area contributed by atoms with E-state index in [9.17, 15) is 14.7 Å². The molecule has 1 unspecified atom stereocenters. The predicted octanol–water partition coefficient (Wildman–Crippen LogP) is 3.44. The Morgan fingerprint density at radius 1 is 1.16 bits per heavy atom. The molecule has 164 valence electrons. The third-order valence-electron chi connectivity index (χ3n) is 6.66. The number of Topliss-reactive ketones (excluding diaryl/α,β-unsaturated/α-hetero) is 1. The molecular formula is C25H26N4O3. The number of aromatic nitrogens is 2. The number of nitrogens with two attached hydrogens (primary N) is 1. The Bertz CT molecular complexity index is 1170. The number of hydrogen-bond acceptors (Lipinski definition) is 5. The lowest BCUT2D eigenvalue weighted by molar-refractivity contribution is -0.121. The number of nitrogens with one attached hydrogen (secondary N) is 1. The van der Waals surface area contributed by atoms with Crippen LogP contribution in [-0.4, -0.2) is 31.9 Å². The number of amides is 1. The van der Waals surface area contributed by atoms with Gasteiger partial charge in [0.1, 0.15) is 0 Å². The monoisotopic (exact) mass is 430 g/mol. The maximum absolute atomic E-state index is 13.3. The van der Waals surface area contributed by atoms with E-state index in [2.05, 4.69) is 10.3 Å². The number of ketones is 1. The predicted molar refractivity (Wildman–Crippen MR) is 122 cm³/mol. The highest BCUT2D eigenvalue weighted by molar-refractivity contribution is 6.09. The molecule has 0 radical (unpaired) electrons. The van der Waals surface area contributed by atoms with Gasteiger partial charge in [0, 0.05) is 42.2 Å². The summed E-state index contributed by atoms with van der Waals surface area (Å²) in [7, 11) is 0. The van der Waals surface area contributed by atoms with Crippen molar-refractivity contribution in [2.45, 2.75) is 44.2 Å². The van der Waals surface area contributed by atoms with Gasteiger partial charge >= 0.3 is 0 Å². The molecule has 1 fully saturated rings. The molecule has 32 heavy (non-hydrogen) atoms. The second-order valence-corrected chi connectivity index (χ2v) is 8.87. The van der Waals surface area contributed by atoms with E-state index >= 15 is 0 Å². The largest absolute Gasteiger partial charge is 0.388 e. The Labute approximate surface area is 186 Å². The first-order valence-electron chi connectivity index (χ1n) is 11.0. The molecule has 7 nitrogen and oxygen atoms in total. The van der Waals surface area contributed by atoms with Crippen LogP contribution in [0.5, 0.6) is 0 Å². The van der Waals surface area contributed by atoms with Gasteiger partial charge < -0.3 is 20.7 Å². The lowest BCUT2D eigenvalue weighted by atomic mass is 9.80. The SMILES string of the molecule is NC(=O)C1CC(=O)c2c(Nc3ccccc3)c(-c3ccncc3)n(CC3(O)CCC3)c2C1. The van der Waals surface area contributed by atoms with Crippen molar-refractivity contribution in [3.63, 3.8) is 0 Å². The summed E-state index contributed by atoms with van der Waals surface area (Å²) in [4.78, 5) is 29.5. The van der Waals surface area contributed by atoms with E-state index in [-0.39, 0.29) is 12.2 Å². The zero-order valence-corrected chi connectivity index (χ0v) is 17.8. The number of para-hydroxylation sites is 1.